The zero-order valence-corrected chi connectivity index (χ0v) is 7.29. The van der Waals surface area contributed by atoms with Crippen molar-refractivity contribution in [1.82, 2.24) is 4.98 Å². The molecular formula is C9H14N2O. The maximum Gasteiger partial charge on any atom is 0.122 e. The SMILES string of the molecule is COc1ccnc(CCCN)c1. The smallest absolute Gasteiger partial charge is 0.122 e. The lowest BCUT2D eigenvalue weighted by Gasteiger charge is -2.01. The van der Waals surface area contributed by atoms with Crippen LogP contribution in [-0.2, 0) is 6.42 Å². The Kier molecular flexibility index (Phi) is 3.54. The zero-order valence-electron chi connectivity index (χ0n) is 7.29. The average Bonchev–Trinajstić information content (AvgIpc) is 2.15. The largest absolute Gasteiger partial charge is 0.497 e. The van der Waals surface area contributed by atoms with Crippen LogP contribution in [0.25, 0.3) is 0 Å². The van der Waals surface area contributed by atoms with E-state index in [9.17, 15) is 0 Å². The van der Waals surface area contributed by atoms with Gasteiger partial charge in [-0.05, 0) is 25.5 Å². The second-order valence-electron chi connectivity index (χ2n) is 2.58. The topological polar surface area (TPSA) is 48.1 Å². The van der Waals surface area contributed by atoms with Crippen molar-refractivity contribution in [2.75, 3.05) is 13.7 Å². The molecule has 3 heteroatoms. The van der Waals surface area contributed by atoms with Crippen LogP contribution in [0.1, 0.15) is 12.1 Å². The van der Waals surface area contributed by atoms with Crippen LogP contribution in [0.3, 0.4) is 0 Å². The Labute approximate surface area is 72.6 Å². The number of aryl methyl sites for hydroxylation is 1. The summed E-state index contributed by atoms with van der Waals surface area (Å²) in [6, 6.07) is 3.78. The fraction of sp³-hybridized carbons (Fsp3) is 0.444. The van der Waals surface area contributed by atoms with Gasteiger partial charge in [-0.15, -0.1) is 0 Å². The number of aromatic nitrogens is 1. The monoisotopic (exact) mass is 166 g/mol. The Bertz CT molecular complexity index is 238. The van der Waals surface area contributed by atoms with E-state index in [-0.39, 0.29) is 0 Å². The summed E-state index contributed by atoms with van der Waals surface area (Å²) in [5.41, 5.74) is 6.43. The molecule has 0 saturated heterocycles. The Morgan fingerprint density at radius 2 is 2.42 bits per heavy atom. The quantitative estimate of drug-likeness (QED) is 0.725. The van der Waals surface area contributed by atoms with Crippen LogP contribution in [-0.4, -0.2) is 18.6 Å². The number of methoxy groups -OCH3 is 1. The molecule has 0 unspecified atom stereocenters. The van der Waals surface area contributed by atoms with Crippen molar-refractivity contribution in [3.63, 3.8) is 0 Å². The van der Waals surface area contributed by atoms with Gasteiger partial charge in [-0.1, -0.05) is 0 Å². The Hall–Kier alpha value is -1.09. The highest BCUT2D eigenvalue weighted by Crippen LogP contribution is 2.10. The van der Waals surface area contributed by atoms with E-state index in [1.165, 1.54) is 0 Å². The highest BCUT2D eigenvalue weighted by molar-refractivity contribution is 5.22. The van der Waals surface area contributed by atoms with Crippen molar-refractivity contribution >= 4 is 0 Å². The molecule has 0 atom stereocenters. The highest BCUT2D eigenvalue weighted by atomic mass is 16.5. The van der Waals surface area contributed by atoms with Gasteiger partial charge in [0.2, 0.25) is 0 Å². The molecule has 0 spiro atoms. The van der Waals surface area contributed by atoms with Crippen LogP contribution in [0.15, 0.2) is 18.3 Å². The summed E-state index contributed by atoms with van der Waals surface area (Å²) < 4.78 is 5.06. The average molecular weight is 166 g/mol. The van der Waals surface area contributed by atoms with Gasteiger partial charge in [0.05, 0.1) is 7.11 Å². The second-order valence-corrected chi connectivity index (χ2v) is 2.58. The number of hydrogen-bond acceptors (Lipinski definition) is 3. The third-order valence-corrected chi connectivity index (χ3v) is 1.66. The molecule has 2 N–H and O–H groups in total. The van der Waals surface area contributed by atoms with Crippen LogP contribution in [0.5, 0.6) is 5.75 Å². The van der Waals surface area contributed by atoms with Gasteiger partial charge in [-0.3, -0.25) is 4.98 Å². The van der Waals surface area contributed by atoms with Crippen LogP contribution in [0.4, 0.5) is 0 Å². The lowest BCUT2D eigenvalue weighted by atomic mass is 10.2. The van der Waals surface area contributed by atoms with Gasteiger partial charge in [0.25, 0.3) is 0 Å². The number of pyridine rings is 1. The summed E-state index contributed by atoms with van der Waals surface area (Å²) >= 11 is 0. The van der Waals surface area contributed by atoms with Gasteiger partial charge in [0.15, 0.2) is 0 Å². The minimum Gasteiger partial charge on any atom is -0.497 e. The summed E-state index contributed by atoms with van der Waals surface area (Å²) in [4.78, 5) is 4.19. The summed E-state index contributed by atoms with van der Waals surface area (Å²) in [6.45, 7) is 0.707. The predicted molar refractivity (Wildman–Crippen MR) is 48.2 cm³/mol. The fourth-order valence-electron chi connectivity index (χ4n) is 1.00. The molecule has 1 rings (SSSR count). The first-order valence-electron chi connectivity index (χ1n) is 4.06. The minimum absolute atomic E-state index is 0.707. The summed E-state index contributed by atoms with van der Waals surface area (Å²) in [6.07, 6.45) is 3.65. The number of nitrogens with zero attached hydrogens (tertiary/aromatic N) is 1. The molecule has 0 aliphatic heterocycles. The van der Waals surface area contributed by atoms with Crippen LogP contribution >= 0.6 is 0 Å². The maximum atomic E-state index is 5.39. The predicted octanol–water partition coefficient (Wildman–Crippen LogP) is 0.982. The molecule has 1 heterocycles. The zero-order chi connectivity index (χ0) is 8.81. The molecule has 0 radical (unpaired) electrons. The van der Waals surface area contributed by atoms with Gasteiger partial charge in [0.1, 0.15) is 5.75 Å². The normalized spacial score (nSPS) is 9.83. The van der Waals surface area contributed by atoms with E-state index in [0.29, 0.717) is 6.54 Å². The molecule has 12 heavy (non-hydrogen) atoms. The molecule has 0 aliphatic carbocycles. The Morgan fingerprint density at radius 3 is 3.08 bits per heavy atom. The lowest BCUT2D eigenvalue weighted by Crippen LogP contribution is -2.01. The van der Waals surface area contributed by atoms with Crippen LogP contribution in [0.2, 0.25) is 0 Å². The van der Waals surface area contributed by atoms with E-state index in [0.717, 1.165) is 24.3 Å². The van der Waals surface area contributed by atoms with Crippen molar-refractivity contribution in [2.45, 2.75) is 12.8 Å². The van der Waals surface area contributed by atoms with E-state index in [2.05, 4.69) is 4.98 Å². The molecule has 0 amide bonds. The molecule has 0 saturated carbocycles. The van der Waals surface area contributed by atoms with Gasteiger partial charge in [-0.2, -0.15) is 0 Å². The van der Waals surface area contributed by atoms with E-state index in [1.807, 2.05) is 12.1 Å². The summed E-state index contributed by atoms with van der Waals surface area (Å²) in [7, 11) is 1.65. The lowest BCUT2D eigenvalue weighted by molar-refractivity contribution is 0.413. The molecule has 3 nitrogen and oxygen atoms in total. The van der Waals surface area contributed by atoms with Gasteiger partial charge >= 0.3 is 0 Å². The molecular weight excluding hydrogens is 152 g/mol. The Balaban J connectivity index is 2.60. The summed E-state index contributed by atoms with van der Waals surface area (Å²) in [5.74, 6) is 0.858. The second kappa shape index (κ2) is 4.72. The molecule has 1 aromatic rings. The molecule has 0 fully saturated rings. The first-order chi connectivity index (χ1) is 5.86. The van der Waals surface area contributed by atoms with Gasteiger partial charge in [0, 0.05) is 18.0 Å². The molecule has 66 valence electrons. The maximum absolute atomic E-state index is 5.39. The minimum atomic E-state index is 0.707. The highest BCUT2D eigenvalue weighted by Gasteiger charge is 1.95. The number of nitrogens with two attached hydrogens (primary N) is 1. The van der Waals surface area contributed by atoms with Crippen LogP contribution < -0.4 is 10.5 Å². The van der Waals surface area contributed by atoms with Gasteiger partial charge in [-0.25, -0.2) is 0 Å². The first-order valence-corrected chi connectivity index (χ1v) is 4.06. The van der Waals surface area contributed by atoms with Crippen molar-refractivity contribution in [3.05, 3.63) is 24.0 Å². The van der Waals surface area contributed by atoms with Crippen molar-refractivity contribution in [1.29, 1.82) is 0 Å². The van der Waals surface area contributed by atoms with E-state index < -0.39 is 0 Å². The number of rotatable bonds is 4. The molecule has 1 aromatic heterocycles. The standard InChI is InChI=1S/C9H14N2O/c1-12-9-4-6-11-8(7-9)3-2-5-10/h4,6-7H,2-3,5,10H2,1H3. The molecule has 0 aromatic carbocycles. The Morgan fingerprint density at radius 1 is 1.58 bits per heavy atom. The van der Waals surface area contributed by atoms with E-state index in [4.69, 9.17) is 10.5 Å². The van der Waals surface area contributed by atoms with Crippen molar-refractivity contribution in [2.24, 2.45) is 5.73 Å². The third kappa shape index (κ3) is 2.51. The molecule has 0 aliphatic rings. The number of ether oxygens (including phenoxy) is 1. The third-order valence-electron chi connectivity index (χ3n) is 1.66. The fourth-order valence-corrected chi connectivity index (χ4v) is 1.00. The first kappa shape index (κ1) is 9.00. The number of hydrogen-bond donors (Lipinski definition) is 1. The van der Waals surface area contributed by atoms with Crippen molar-refractivity contribution in [3.8, 4) is 5.75 Å². The molecule has 0 bridgehead atoms. The van der Waals surface area contributed by atoms with Gasteiger partial charge < -0.3 is 10.5 Å². The van der Waals surface area contributed by atoms with Crippen LogP contribution in [0, 0.1) is 0 Å². The van der Waals surface area contributed by atoms with E-state index in [1.54, 1.807) is 13.3 Å². The van der Waals surface area contributed by atoms with E-state index >= 15 is 0 Å². The summed E-state index contributed by atoms with van der Waals surface area (Å²) in [5, 5.41) is 0. The van der Waals surface area contributed by atoms with Crippen molar-refractivity contribution < 1.29 is 4.74 Å².